The van der Waals surface area contributed by atoms with E-state index in [-0.39, 0.29) is 32.9 Å². The van der Waals surface area contributed by atoms with Gasteiger partial charge in [0.05, 0.1) is 20.5 Å². The molecule has 0 aliphatic rings. The van der Waals surface area contributed by atoms with Gasteiger partial charge >= 0.3 is 6.03 Å². The Morgan fingerprint density at radius 2 is 1.79 bits per heavy atom. The molecule has 1 heterocycles. The van der Waals surface area contributed by atoms with Crippen LogP contribution in [0.2, 0.25) is 10.0 Å². The number of anilines is 1. The number of benzene rings is 2. The van der Waals surface area contributed by atoms with Crippen LogP contribution in [0.4, 0.5) is 16.2 Å². The minimum Gasteiger partial charge on any atom is -0.437 e. The van der Waals surface area contributed by atoms with E-state index < -0.39 is 16.9 Å². The number of carbonyl (C=O) groups is 2. The van der Waals surface area contributed by atoms with Crippen LogP contribution in [-0.4, -0.2) is 21.8 Å². The summed E-state index contributed by atoms with van der Waals surface area (Å²) >= 11 is 12.5. The zero-order valence-corrected chi connectivity index (χ0v) is 19.2. The van der Waals surface area contributed by atoms with Gasteiger partial charge in [-0.25, -0.2) is 9.78 Å². The van der Waals surface area contributed by atoms with E-state index >= 15 is 0 Å². The van der Waals surface area contributed by atoms with E-state index in [4.69, 9.17) is 27.9 Å². The Morgan fingerprint density at radius 3 is 2.42 bits per heavy atom. The molecule has 0 aliphatic heterocycles. The van der Waals surface area contributed by atoms with Gasteiger partial charge in [-0.15, -0.1) is 0 Å². The van der Waals surface area contributed by atoms with E-state index in [9.17, 15) is 19.7 Å². The average Bonchev–Trinajstić information content (AvgIpc) is 2.75. The summed E-state index contributed by atoms with van der Waals surface area (Å²) in [6.07, 6.45) is 1.09. The smallest absolute Gasteiger partial charge is 0.326 e. The maximum absolute atomic E-state index is 12.4. The van der Waals surface area contributed by atoms with Crippen molar-refractivity contribution in [3.63, 3.8) is 0 Å². The number of imide groups is 1. The Balaban J connectivity index is 1.79. The summed E-state index contributed by atoms with van der Waals surface area (Å²) in [4.78, 5) is 39.0. The number of aryl methyl sites for hydroxylation is 2. The van der Waals surface area contributed by atoms with E-state index in [1.54, 1.807) is 45.0 Å². The van der Waals surface area contributed by atoms with Crippen LogP contribution in [0.25, 0.3) is 0 Å². The lowest BCUT2D eigenvalue weighted by molar-refractivity contribution is -0.385. The number of ether oxygens (including phenoxy) is 1. The zero-order chi connectivity index (χ0) is 24.3. The number of aromatic nitrogens is 1. The third kappa shape index (κ3) is 5.39. The van der Waals surface area contributed by atoms with Crippen LogP contribution >= 0.6 is 23.2 Å². The number of hydrogen-bond donors (Lipinski definition) is 2. The molecule has 33 heavy (non-hydrogen) atoms. The van der Waals surface area contributed by atoms with Crippen molar-refractivity contribution in [1.29, 1.82) is 0 Å². The van der Waals surface area contributed by atoms with Crippen molar-refractivity contribution in [3.8, 4) is 11.6 Å². The summed E-state index contributed by atoms with van der Waals surface area (Å²) in [5.41, 5.74) is 1.88. The molecule has 0 atom stereocenters. The molecule has 0 spiro atoms. The van der Waals surface area contributed by atoms with E-state index in [1.807, 2.05) is 0 Å². The third-order valence-corrected chi connectivity index (χ3v) is 5.46. The first kappa shape index (κ1) is 24.0. The minimum atomic E-state index is -0.764. The Morgan fingerprint density at radius 1 is 1.09 bits per heavy atom. The largest absolute Gasteiger partial charge is 0.437 e. The SMILES string of the molecule is Cc1cc([N+](=O)[O-])cnc1Oc1c(C)cc(NC(=O)NC(=O)c2ccccc2Cl)c(C)c1Cl. The van der Waals surface area contributed by atoms with Crippen molar-refractivity contribution in [2.45, 2.75) is 20.8 Å². The lowest BCUT2D eigenvalue weighted by Crippen LogP contribution is -2.34. The Bertz CT molecular complexity index is 1280. The number of carbonyl (C=O) groups excluding carboxylic acids is 2. The number of amides is 3. The molecule has 11 heteroatoms. The van der Waals surface area contributed by atoms with Gasteiger partial charge in [0.25, 0.3) is 11.6 Å². The number of nitrogens with one attached hydrogen (secondary N) is 2. The van der Waals surface area contributed by atoms with Crippen molar-refractivity contribution in [2.75, 3.05) is 5.32 Å². The standard InChI is InChI=1S/C22H18Cl2N4O5/c1-11-9-17(26-22(30)27-20(29)15-6-4-5-7-16(15)23)13(3)18(24)19(11)33-21-12(2)8-14(10-25-21)28(31)32/h4-10H,1-3H3,(H2,26,27,29,30). The summed E-state index contributed by atoms with van der Waals surface area (Å²) in [6.45, 7) is 5.00. The lowest BCUT2D eigenvalue weighted by Gasteiger charge is -2.17. The number of pyridine rings is 1. The number of nitrogens with zero attached hydrogens (tertiary/aromatic N) is 2. The molecule has 9 nitrogen and oxygen atoms in total. The maximum Gasteiger partial charge on any atom is 0.326 e. The first-order valence-corrected chi connectivity index (χ1v) is 10.3. The van der Waals surface area contributed by atoms with Crippen LogP contribution in [0.1, 0.15) is 27.0 Å². The van der Waals surface area contributed by atoms with Crippen molar-refractivity contribution in [2.24, 2.45) is 0 Å². The predicted octanol–water partition coefficient (Wildman–Crippen LogP) is 5.98. The van der Waals surface area contributed by atoms with Crippen molar-refractivity contribution in [1.82, 2.24) is 10.3 Å². The fourth-order valence-corrected chi connectivity index (χ4v) is 3.44. The van der Waals surface area contributed by atoms with E-state index in [0.29, 0.717) is 22.4 Å². The molecule has 0 bridgehead atoms. The van der Waals surface area contributed by atoms with Gasteiger partial charge in [0.1, 0.15) is 6.20 Å². The maximum atomic E-state index is 12.4. The van der Waals surface area contributed by atoms with Crippen molar-refractivity contribution in [3.05, 3.63) is 85.0 Å². The van der Waals surface area contributed by atoms with Crippen molar-refractivity contribution < 1.29 is 19.2 Å². The Labute approximate surface area is 198 Å². The highest BCUT2D eigenvalue weighted by atomic mass is 35.5. The molecule has 170 valence electrons. The van der Waals surface area contributed by atoms with Gasteiger partial charge in [0.2, 0.25) is 5.88 Å². The van der Waals surface area contributed by atoms with Gasteiger partial charge in [0, 0.05) is 17.3 Å². The average molecular weight is 489 g/mol. The van der Waals surface area contributed by atoms with E-state index in [1.165, 1.54) is 12.1 Å². The fraction of sp³-hybridized carbons (Fsp3) is 0.136. The normalized spacial score (nSPS) is 10.5. The molecule has 2 aromatic carbocycles. The highest BCUT2D eigenvalue weighted by Crippen LogP contribution is 2.39. The first-order chi connectivity index (χ1) is 15.6. The monoisotopic (exact) mass is 488 g/mol. The minimum absolute atomic E-state index is 0.157. The van der Waals surface area contributed by atoms with Gasteiger partial charge in [-0.05, 0) is 50.1 Å². The fourth-order valence-electron chi connectivity index (χ4n) is 2.93. The highest BCUT2D eigenvalue weighted by molar-refractivity contribution is 6.34. The highest BCUT2D eigenvalue weighted by Gasteiger charge is 2.19. The summed E-state index contributed by atoms with van der Waals surface area (Å²) in [7, 11) is 0. The summed E-state index contributed by atoms with van der Waals surface area (Å²) in [6, 6.07) is 8.54. The quantitative estimate of drug-likeness (QED) is 0.336. The molecule has 0 saturated heterocycles. The van der Waals surface area contributed by atoms with Crippen molar-refractivity contribution >= 4 is 46.5 Å². The second-order valence-electron chi connectivity index (χ2n) is 7.07. The third-order valence-electron chi connectivity index (χ3n) is 4.67. The molecule has 0 unspecified atom stereocenters. The van der Waals surface area contributed by atoms with Crippen LogP contribution in [0.3, 0.4) is 0 Å². The molecular formula is C22H18Cl2N4O5. The molecular weight excluding hydrogens is 471 g/mol. The number of hydrogen-bond acceptors (Lipinski definition) is 6. The number of halogens is 2. The molecule has 3 rings (SSSR count). The first-order valence-electron chi connectivity index (χ1n) is 9.54. The van der Waals surface area contributed by atoms with Crippen LogP contribution in [-0.2, 0) is 0 Å². The van der Waals surface area contributed by atoms with Gasteiger partial charge in [-0.3, -0.25) is 20.2 Å². The molecule has 0 radical (unpaired) electrons. The van der Waals surface area contributed by atoms with Gasteiger partial charge < -0.3 is 10.1 Å². The van der Waals surface area contributed by atoms with Gasteiger partial charge in [0.15, 0.2) is 5.75 Å². The van der Waals surface area contributed by atoms with E-state index in [0.717, 1.165) is 6.20 Å². The zero-order valence-electron chi connectivity index (χ0n) is 17.7. The molecule has 3 amide bonds. The van der Waals surface area contributed by atoms with Gasteiger partial charge in [-0.1, -0.05) is 35.3 Å². The van der Waals surface area contributed by atoms with Crippen LogP contribution in [0.15, 0.2) is 42.6 Å². The predicted molar refractivity (Wildman–Crippen MR) is 125 cm³/mol. The number of nitro groups is 1. The second kappa shape index (κ2) is 9.85. The number of urea groups is 1. The van der Waals surface area contributed by atoms with Crippen LogP contribution < -0.4 is 15.4 Å². The second-order valence-corrected chi connectivity index (χ2v) is 7.86. The number of rotatable bonds is 5. The topological polar surface area (TPSA) is 123 Å². The van der Waals surface area contributed by atoms with Gasteiger partial charge in [-0.2, -0.15) is 0 Å². The summed E-state index contributed by atoms with van der Waals surface area (Å²) in [5.74, 6) is -0.205. The Kier molecular flexibility index (Phi) is 7.15. The molecule has 0 saturated carbocycles. The molecule has 1 aromatic heterocycles. The molecule has 0 fully saturated rings. The van der Waals surface area contributed by atoms with E-state index in [2.05, 4.69) is 15.6 Å². The molecule has 2 N–H and O–H groups in total. The van der Waals surface area contributed by atoms with Crippen LogP contribution in [0.5, 0.6) is 11.6 Å². The summed E-state index contributed by atoms with van der Waals surface area (Å²) < 4.78 is 5.82. The lowest BCUT2D eigenvalue weighted by atomic mass is 10.1. The Hall–Kier alpha value is -3.69. The molecule has 3 aromatic rings. The molecule has 0 aliphatic carbocycles. The van der Waals surface area contributed by atoms with Crippen LogP contribution in [0, 0.1) is 30.9 Å². The summed E-state index contributed by atoms with van der Waals surface area (Å²) in [5, 5.41) is 16.1.